The Morgan fingerprint density at radius 3 is 2.40 bits per heavy atom. The van der Waals surface area contributed by atoms with E-state index < -0.39 is 41.3 Å². The van der Waals surface area contributed by atoms with Crippen LogP contribution in [0.4, 0.5) is 37.7 Å². The number of hydrogen-bond donors (Lipinski definition) is 2. The lowest BCUT2D eigenvalue weighted by atomic mass is 9.95. The lowest BCUT2D eigenvalue weighted by Gasteiger charge is -2.23. The molecule has 1 aromatic carbocycles. The van der Waals surface area contributed by atoms with Crippen molar-refractivity contribution in [2.24, 2.45) is 15.8 Å². The molecule has 0 fully saturated rings. The zero-order valence-electron chi connectivity index (χ0n) is 12.6. The number of nitrogens with two attached hydrogens (primary N) is 1. The van der Waals surface area contributed by atoms with Crippen LogP contribution in [0.25, 0.3) is 4.85 Å². The molecule has 0 amide bonds. The van der Waals surface area contributed by atoms with E-state index in [1.165, 1.54) is 6.92 Å². The highest BCUT2D eigenvalue weighted by molar-refractivity contribution is 6.01. The van der Waals surface area contributed by atoms with Crippen LogP contribution in [0.5, 0.6) is 0 Å². The molecule has 1 aliphatic rings. The monoisotopic (exact) mass is 363 g/mol. The third-order valence-electron chi connectivity index (χ3n) is 3.51. The van der Waals surface area contributed by atoms with Crippen molar-refractivity contribution in [2.45, 2.75) is 31.2 Å². The van der Waals surface area contributed by atoms with Crippen LogP contribution in [-0.4, -0.2) is 23.3 Å². The predicted octanol–water partition coefficient (Wildman–Crippen LogP) is 3.92. The molecule has 0 bridgehead atoms. The van der Waals surface area contributed by atoms with E-state index in [0.717, 1.165) is 12.1 Å². The molecule has 2 rings (SSSR count). The highest BCUT2D eigenvalue weighted by Gasteiger charge is 2.46. The normalized spacial score (nSPS) is 21.5. The maximum absolute atomic E-state index is 12.9. The molecular weight excluding hydrogens is 352 g/mol. The van der Waals surface area contributed by atoms with Gasteiger partial charge in [-0.25, -0.2) is 9.84 Å². The van der Waals surface area contributed by atoms with Crippen LogP contribution in [0.2, 0.25) is 0 Å². The van der Waals surface area contributed by atoms with Crippen LogP contribution in [-0.2, 0) is 6.18 Å². The molecule has 11 heteroatoms. The quantitative estimate of drug-likeness (QED) is 0.362. The average Bonchev–Trinajstić information content (AvgIpc) is 2.90. The second-order valence-corrected chi connectivity index (χ2v) is 5.49. The Morgan fingerprint density at radius 2 is 1.92 bits per heavy atom. The van der Waals surface area contributed by atoms with Crippen molar-refractivity contribution in [1.29, 1.82) is 0 Å². The van der Waals surface area contributed by atoms with Gasteiger partial charge in [-0.15, -0.1) is 0 Å². The first-order valence-electron chi connectivity index (χ1n) is 6.71. The Labute approximate surface area is 138 Å². The summed E-state index contributed by atoms with van der Waals surface area (Å²) in [6.07, 6.45) is -10.0. The van der Waals surface area contributed by atoms with Crippen molar-refractivity contribution in [2.75, 3.05) is 0 Å². The summed E-state index contributed by atoms with van der Waals surface area (Å²) in [6.45, 7) is 8.06. The average molecular weight is 363 g/mol. The fourth-order valence-corrected chi connectivity index (χ4v) is 2.10. The molecule has 0 spiro atoms. The SMILES string of the molecule is [C-]#[N+]c1ccc(N=C(N)C2(C)CC(C(F)(F)F)=NN2)cc1C(F)(F)F. The van der Waals surface area contributed by atoms with E-state index in [4.69, 9.17) is 12.3 Å². The smallest absolute Gasteiger partial charge is 0.385 e. The first kappa shape index (κ1) is 18.6. The highest BCUT2D eigenvalue weighted by Crippen LogP contribution is 2.39. The standard InChI is InChI=1S/C14H11F6N5/c1-12(6-10(24-25-12)14(18,19)20)11(21)23-7-3-4-9(22-2)8(5-7)13(15,16)17/h3-5,25H,6H2,1H3,(H2,21,23). The Kier molecular flexibility index (Phi) is 4.42. The summed E-state index contributed by atoms with van der Waals surface area (Å²) in [5.41, 5.74) is 3.28. The molecule has 0 aliphatic carbocycles. The second-order valence-electron chi connectivity index (χ2n) is 5.49. The first-order chi connectivity index (χ1) is 11.4. The largest absolute Gasteiger partial charge is 0.431 e. The van der Waals surface area contributed by atoms with Gasteiger partial charge in [0.1, 0.15) is 17.1 Å². The molecule has 5 nitrogen and oxygen atoms in total. The predicted molar refractivity (Wildman–Crippen MR) is 78.6 cm³/mol. The maximum atomic E-state index is 12.9. The molecule has 1 unspecified atom stereocenters. The molecule has 1 atom stereocenters. The lowest BCUT2D eigenvalue weighted by molar-refractivity contribution is -0.136. The molecule has 1 aliphatic heterocycles. The number of aliphatic imine (C=N–C) groups is 1. The number of benzene rings is 1. The second kappa shape index (κ2) is 5.94. The van der Waals surface area contributed by atoms with E-state index in [-0.39, 0.29) is 11.5 Å². The van der Waals surface area contributed by atoms with E-state index in [1.54, 1.807) is 0 Å². The molecule has 1 aromatic rings. The van der Waals surface area contributed by atoms with Gasteiger partial charge in [0.15, 0.2) is 5.69 Å². The summed E-state index contributed by atoms with van der Waals surface area (Å²) >= 11 is 0. The molecule has 0 radical (unpaired) electrons. The number of rotatable bonds is 2. The van der Waals surface area contributed by atoms with Gasteiger partial charge in [-0.3, -0.25) is 5.43 Å². The zero-order chi connectivity index (χ0) is 19.0. The van der Waals surface area contributed by atoms with E-state index in [9.17, 15) is 26.3 Å². The molecular formula is C14H11F6N5. The van der Waals surface area contributed by atoms with Gasteiger partial charge >= 0.3 is 12.4 Å². The van der Waals surface area contributed by atoms with Crippen LogP contribution in [0.3, 0.4) is 0 Å². The van der Waals surface area contributed by atoms with Crippen molar-refractivity contribution in [3.05, 3.63) is 35.2 Å². The summed E-state index contributed by atoms with van der Waals surface area (Å²) < 4.78 is 76.8. The van der Waals surface area contributed by atoms with Crippen molar-refractivity contribution < 1.29 is 26.3 Å². The minimum atomic E-state index is -4.78. The molecule has 0 saturated heterocycles. The Balaban J connectivity index is 2.34. The number of alkyl halides is 6. The van der Waals surface area contributed by atoms with Crippen LogP contribution in [0.1, 0.15) is 18.9 Å². The fourth-order valence-electron chi connectivity index (χ4n) is 2.10. The summed E-state index contributed by atoms with van der Waals surface area (Å²) in [4.78, 5) is 6.55. The van der Waals surface area contributed by atoms with Crippen molar-refractivity contribution in [1.82, 2.24) is 5.43 Å². The molecule has 0 aromatic heterocycles. The number of halogens is 6. The number of nitrogens with zero attached hydrogens (tertiary/aromatic N) is 3. The molecule has 134 valence electrons. The van der Waals surface area contributed by atoms with E-state index in [0.29, 0.717) is 6.07 Å². The molecule has 0 saturated carbocycles. The zero-order valence-corrected chi connectivity index (χ0v) is 12.6. The lowest BCUT2D eigenvalue weighted by Crippen LogP contribution is -2.49. The van der Waals surface area contributed by atoms with Crippen LogP contribution in [0.15, 0.2) is 28.3 Å². The minimum absolute atomic E-state index is 0.235. The van der Waals surface area contributed by atoms with Crippen molar-refractivity contribution in [3.8, 4) is 0 Å². The topological polar surface area (TPSA) is 67.1 Å². The fraction of sp³-hybridized carbons (Fsp3) is 0.357. The van der Waals surface area contributed by atoms with Gasteiger partial charge < -0.3 is 5.73 Å². The van der Waals surface area contributed by atoms with E-state index in [2.05, 4.69) is 20.4 Å². The van der Waals surface area contributed by atoms with Gasteiger partial charge in [0.05, 0.1) is 17.8 Å². The number of nitrogens with one attached hydrogen (secondary N) is 1. The van der Waals surface area contributed by atoms with Gasteiger partial charge in [-0.1, -0.05) is 6.07 Å². The van der Waals surface area contributed by atoms with Crippen molar-refractivity contribution >= 4 is 22.9 Å². The number of amidine groups is 1. The summed E-state index contributed by atoms with van der Waals surface area (Å²) in [6, 6.07) is 2.66. The van der Waals surface area contributed by atoms with Crippen molar-refractivity contribution in [3.63, 3.8) is 0 Å². The summed E-state index contributed by atoms with van der Waals surface area (Å²) in [5.74, 6) is -0.362. The Hall–Kier alpha value is -2.77. The van der Waals surface area contributed by atoms with Gasteiger partial charge in [0.25, 0.3) is 0 Å². The summed E-state index contributed by atoms with van der Waals surface area (Å²) in [7, 11) is 0. The number of hydrazone groups is 1. The first-order valence-corrected chi connectivity index (χ1v) is 6.71. The molecule has 3 N–H and O–H groups in total. The van der Waals surface area contributed by atoms with Crippen LogP contribution < -0.4 is 11.2 Å². The number of hydrogen-bond acceptors (Lipinski definition) is 3. The third kappa shape index (κ3) is 3.84. The van der Waals surface area contributed by atoms with Gasteiger partial charge in [0.2, 0.25) is 0 Å². The minimum Gasteiger partial charge on any atom is -0.385 e. The molecule has 25 heavy (non-hydrogen) atoms. The molecule has 1 heterocycles. The van der Waals surface area contributed by atoms with Gasteiger partial charge in [-0.05, 0) is 19.1 Å². The Bertz CT molecular complexity index is 786. The van der Waals surface area contributed by atoms with Crippen LogP contribution in [0, 0.1) is 6.57 Å². The third-order valence-corrected chi connectivity index (χ3v) is 3.51. The van der Waals surface area contributed by atoms with Gasteiger partial charge in [-0.2, -0.15) is 31.4 Å². The van der Waals surface area contributed by atoms with Gasteiger partial charge in [0, 0.05) is 6.42 Å². The highest BCUT2D eigenvalue weighted by atomic mass is 19.4. The van der Waals surface area contributed by atoms with Crippen LogP contribution >= 0.6 is 0 Å². The van der Waals surface area contributed by atoms with E-state index >= 15 is 0 Å². The van der Waals surface area contributed by atoms with E-state index in [1.807, 2.05) is 0 Å². The summed E-state index contributed by atoms with van der Waals surface area (Å²) in [5, 5.41) is 3.17. The Morgan fingerprint density at radius 1 is 1.28 bits per heavy atom. The maximum Gasteiger partial charge on any atom is 0.431 e.